The van der Waals surface area contributed by atoms with E-state index in [1.165, 1.54) is 39.5 Å². The van der Waals surface area contributed by atoms with Crippen molar-refractivity contribution in [1.29, 1.82) is 0 Å². The van der Waals surface area contributed by atoms with Crippen LogP contribution in [0.3, 0.4) is 0 Å². The fourth-order valence-electron chi connectivity index (χ4n) is 5.89. The van der Waals surface area contributed by atoms with Gasteiger partial charge in [-0.25, -0.2) is 14.5 Å². The number of amides is 2. The number of imide groups is 1. The zero-order valence-electron chi connectivity index (χ0n) is 22.6. The van der Waals surface area contributed by atoms with Gasteiger partial charge >= 0.3 is 11.9 Å². The number of aryl methyl sites for hydroxylation is 1. The minimum atomic E-state index is -2.03. The summed E-state index contributed by atoms with van der Waals surface area (Å²) in [5.41, 5.74) is -0.650. The number of hydrogen-bond donors (Lipinski definition) is 2. The first-order valence-corrected chi connectivity index (χ1v) is 13.0. The molecule has 0 bridgehead atoms. The zero-order valence-corrected chi connectivity index (χ0v) is 23.4. The first-order chi connectivity index (χ1) is 19.6. The smallest absolute Gasteiger partial charge is 0.341 e. The molecule has 10 nitrogen and oxygen atoms in total. The highest BCUT2D eigenvalue weighted by Crippen LogP contribution is 2.55. The molecule has 0 radical (unpaired) electrons. The molecule has 2 amide bonds. The Labute approximate surface area is 240 Å². The fourth-order valence-corrected chi connectivity index (χ4v) is 6.07. The molecule has 2 heterocycles. The number of rotatable bonds is 7. The lowest BCUT2D eigenvalue weighted by atomic mass is 9.75. The predicted octanol–water partition coefficient (Wildman–Crippen LogP) is 3.88. The molecular weight excluding hydrogens is 552 g/mol. The summed E-state index contributed by atoms with van der Waals surface area (Å²) in [6.45, 7) is 1.78. The van der Waals surface area contributed by atoms with Gasteiger partial charge in [-0.15, -0.1) is 0 Å². The van der Waals surface area contributed by atoms with Crippen molar-refractivity contribution in [2.45, 2.75) is 18.5 Å². The van der Waals surface area contributed by atoms with E-state index in [1.54, 1.807) is 49.4 Å². The zero-order chi connectivity index (χ0) is 29.6. The molecule has 212 valence electrons. The standard InChI is InChI=1S/C30H27ClN2O8/c1-15-10-11-17(12-20(15)31)33-26(34)23-24(27(33)35)30(29(37)38,16-8-6-5-7-9-16)32-25(23)19-13-18(39-2)14-21(40-3)22(19)28(36)41-4/h5-14,23-25,32H,1-4H3,(H,37,38). The number of carbonyl (C=O) groups is 4. The molecule has 0 aromatic heterocycles. The quantitative estimate of drug-likeness (QED) is 0.317. The van der Waals surface area contributed by atoms with Crippen LogP contribution < -0.4 is 19.7 Å². The summed E-state index contributed by atoms with van der Waals surface area (Å²) in [6.07, 6.45) is 0. The highest BCUT2D eigenvalue weighted by molar-refractivity contribution is 6.32. The third kappa shape index (κ3) is 4.22. The number of ether oxygens (including phenoxy) is 3. The molecule has 0 aliphatic carbocycles. The van der Waals surface area contributed by atoms with Crippen LogP contribution in [-0.2, 0) is 24.7 Å². The lowest BCUT2D eigenvalue weighted by molar-refractivity contribution is -0.149. The van der Waals surface area contributed by atoms with Crippen molar-refractivity contribution >= 4 is 41.0 Å². The number of benzene rings is 3. The normalized spacial score (nSPS) is 23.3. The molecule has 11 heteroatoms. The lowest BCUT2D eigenvalue weighted by Gasteiger charge is -2.32. The molecule has 2 N–H and O–H groups in total. The van der Waals surface area contributed by atoms with Gasteiger partial charge in [-0.05, 0) is 41.8 Å². The van der Waals surface area contributed by atoms with Crippen molar-refractivity contribution in [2.75, 3.05) is 26.2 Å². The van der Waals surface area contributed by atoms with Crippen LogP contribution in [0.25, 0.3) is 0 Å². The van der Waals surface area contributed by atoms with Gasteiger partial charge in [-0.2, -0.15) is 0 Å². The van der Waals surface area contributed by atoms with Gasteiger partial charge in [0.25, 0.3) is 0 Å². The largest absolute Gasteiger partial charge is 0.497 e. The van der Waals surface area contributed by atoms with E-state index in [4.69, 9.17) is 25.8 Å². The molecule has 4 unspecified atom stereocenters. The third-order valence-corrected chi connectivity index (χ3v) is 8.23. The molecule has 3 aromatic carbocycles. The number of nitrogens with zero attached hydrogens (tertiary/aromatic N) is 1. The van der Waals surface area contributed by atoms with E-state index in [1.807, 2.05) is 0 Å². The maximum atomic E-state index is 14.2. The van der Waals surface area contributed by atoms with Crippen molar-refractivity contribution in [3.05, 3.63) is 87.9 Å². The molecule has 2 aliphatic rings. The van der Waals surface area contributed by atoms with Gasteiger partial charge in [0.15, 0.2) is 5.54 Å². The third-order valence-electron chi connectivity index (χ3n) is 7.83. The van der Waals surface area contributed by atoms with Crippen molar-refractivity contribution in [3.63, 3.8) is 0 Å². The number of methoxy groups -OCH3 is 3. The van der Waals surface area contributed by atoms with Crippen molar-refractivity contribution < 1.29 is 38.5 Å². The Balaban J connectivity index is 1.80. The maximum Gasteiger partial charge on any atom is 0.341 e. The number of carbonyl (C=O) groups excluding carboxylic acids is 3. The molecule has 4 atom stereocenters. The van der Waals surface area contributed by atoms with Crippen LogP contribution in [0.4, 0.5) is 5.69 Å². The molecule has 2 aliphatic heterocycles. The van der Waals surface area contributed by atoms with Gasteiger partial charge in [-0.1, -0.05) is 48.0 Å². The maximum absolute atomic E-state index is 14.2. The van der Waals surface area contributed by atoms with Gasteiger partial charge in [0.05, 0.1) is 38.9 Å². The first-order valence-electron chi connectivity index (χ1n) is 12.7. The fraction of sp³-hybridized carbons (Fsp3) is 0.267. The summed E-state index contributed by atoms with van der Waals surface area (Å²) in [7, 11) is 3.97. The van der Waals surface area contributed by atoms with Crippen LogP contribution in [-0.4, -0.2) is 50.2 Å². The topological polar surface area (TPSA) is 131 Å². The van der Waals surface area contributed by atoms with Gasteiger partial charge in [0, 0.05) is 17.1 Å². The molecule has 41 heavy (non-hydrogen) atoms. The van der Waals surface area contributed by atoms with Crippen LogP contribution in [0.1, 0.15) is 33.1 Å². The highest BCUT2D eigenvalue weighted by atomic mass is 35.5. The second-order valence-corrected chi connectivity index (χ2v) is 10.2. The van der Waals surface area contributed by atoms with E-state index in [2.05, 4.69) is 5.32 Å². The number of anilines is 1. The van der Waals surface area contributed by atoms with E-state index < -0.39 is 47.2 Å². The molecular formula is C30H27ClN2O8. The number of carboxylic acids is 1. The van der Waals surface area contributed by atoms with E-state index in [-0.39, 0.29) is 33.9 Å². The Bertz CT molecular complexity index is 1580. The molecule has 2 fully saturated rings. The molecule has 2 saturated heterocycles. The van der Waals surface area contributed by atoms with E-state index >= 15 is 0 Å². The predicted molar refractivity (Wildman–Crippen MR) is 148 cm³/mol. The summed E-state index contributed by atoms with van der Waals surface area (Å²) in [5.74, 6) is -5.73. The van der Waals surface area contributed by atoms with Gasteiger partial charge in [0.1, 0.15) is 17.1 Å². The van der Waals surface area contributed by atoms with Crippen LogP contribution >= 0.6 is 11.6 Å². The number of aliphatic carboxylic acids is 1. The van der Waals surface area contributed by atoms with Gasteiger partial charge in [-0.3, -0.25) is 14.9 Å². The van der Waals surface area contributed by atoms with Crippen LogP contribution in [0.15, 0.2) is 60.7 Å². The Morgan fingerprint density at radius 1 is 0.976 bits per heavy atom. The lowest BCUT2D eigenvalue weighted by Crippen LogP contribution is -2.53. The Hall–Kier alpha value is -4.41. The van der Waals surface area contributed by atoms with E-state index in [0.29, 0.717) is 5.02 Å². The Morgan fingerprint density at radius 3 is 2.27 bits per heavy atom. The first kappa shape index (κ1) is 28.1. The number of hydrogen-bond acceptors (Lipinski definition) is 8. The molecule has 0 spiro atoms. The molecule has 0 saturated carbocycles. The minimum absolute atomic E-state index is 0.0293. The Kier molecular flexibility index (Phi) is 7.23. The van der Waals surface area contributed by atoms with Crippen LogP contribution in [0.5, 0.6) is 11.5 Å². The van der Waals surface area contributed by atoms with Gasteiger partial charge in [0.2, 0.25) is 11.8 Å². The highest BCUT2D eigenvalue weighted by Gasteiger charge is 2.69. The van der Waals surface area contributed by atoms with Crippen LogP contribution in [0, 0.1) is 18.8 Å². The summed E-state index contributed by atoms with van der Waals surface area (Å²) in [6, 6.07) is 14.8. The summed E-state index contributed by atoms with van der Waals surface area (Å²) >= 11 is 6.34. The Morgan fingerprint density at radius 2 is 1.68 bits per heavy atom. The second kappa shape index (κ2) is 10.5. The number of esters is 1. The van der Waals surface area contributed by atoms with Crippen molar-refractivity contribution in [3.8, 4) is 11.5 Å². The summed E-state index contributed by atoms with van der Waals surface area (Å²) in [5, 5.41) is 14.2. The number of fused-ring (bicyclic) bond motifs is 1. The average molecular weight is 579 g/mol. The number of carboxylic acid groups (broad SMARTS) is 1. The van der Waals surface area contributed by atoms with Crippen LogP contribution in [0.2, 0.25) is 5.02 Å². The van der Waals surface area contributed by atoms with Crippen molar-refractivity contribution in [2.24, 2.45) is 11.8 Å². The average Bonchev–Trinajstić information content (AvgIpc) is 3.47. The monoisotopic (exact) mass is 578 g/mol. The molecule has 3 aromatic rings. The summed E-state index contributed by atoms with van der Waals surface area (Å²) < 4.78 is 15.9. The number of nitrogens with one attached hydrogen (secondary N) is 1. The van der Waals surface area contributed by atoms with Crippen molar-refractivity contribution in [1.82, 2.24) is 5.32 Å². The van der Waals surface area contributed by atoms with E-state index in [0.717, 1.165) is 10.5 Å². The summed E-state index contributed by atoms with van der Waals surface area (Å²) in [4.78, 5) is 55.7. The number of halogens is 1. The minimum Gasteiger partial charge on any atom is -0.497 e. The SMILES string of the molecule is COC(=O)c1c(OC)cc(OC)cc1C1NC(C(=O)O)(c2ccccc2)C2C(=O)N(c3ccc(C)c(Cl)c3)C(=O)C12. The van der Waals surface area contributed by atoms with E-state index in [9.17, 15) is 24.3 Å². The molecule has 5 rings (SSSR count). The van der Waals surface area contributed by atoms with Gasteiger partial charge < -0.3 is 19.3 Å². The second-order valence-electron chi connectivity index (χ2n) is 9.84.